The topological polar surface area (TPSA) is 0 Å². The van der Waals surface area contributed by atoms with Crippen molar-refractivity contribution in [2.75, 3.05) is 0 Å². The first-order chi connectivity index (χ1) is 8.15. The Morgan fingerprint density at radius 2 is 1.24 bits per heavy atom. The smallest absolute Gasteiger partial charge is 0.0305 e. The molecule has 0 spiro atoms. The van der Waals surface area contributed by atoms with Crippen molar-refractivity contribution < 1.29 is 0 Å². The molecule has 0 atom stereocenters. The van der Waals surface area contributed by atoms with E-state index in [4.69, 9.17) is 0 Å². The number of rotatable bonds is 1. The van der Waals surface area contributed by atoms with E-state index < -0.39 is 0 Å². The summed E-state index contributed by atoms with van der Waals surface area (Å²) in [6, 6.07) is 4.57. The maximum atomic E-state index is 4.00. The molecule has 17 heavy (non-hydrogen) atoms. The van der Waals surface area contributed by atoms with E-state index in [9.17, 15) is 0 Å². The molecule has 1 aromatic rings. The number of terminal acetylenes is 1. The van der Waals surface area contributed by atoms with Crippen LogP contribution in [0.4, 0.5) is 0 Å². The van der Waals surface area contributed by atoms with Crippen molar-refractivity contribution >= 4 is 0 Å². The second-order valence-corrected chi connectivity index (χ2v) is 3.22. The predicted molar refractivity (Wildman–Crippen MR) is 82.5 cm³/mol. The monoisotopic (exact) mass is 232 g/mol. The highest BCUT2D eigenvalue weighted by Gasteiger charge is 1.98. The van der Waals surface area contributed by atoms with Crippen LogP contribution < -0.4 is 0 Å². The van der Waals surface area contributed by atoms with E-state index in [0.717, 1.165) is 6.42 Å². The van der Waals surface area contributed by atoms with Crippen LogP contribution in [0.25, 0.3) is 0 Å². The maximum Gasteiger partial charge on any atom is -0.0305 e. The van der Waals surface area contributed by atoms with Crippen LogP contribution in [0.5, 0.6) is 0 Å². The fourth-order valence-corrected chi connectivity index (χ4v) is 1.40. The summed E-state index contributed by atoms with van der Waals surface area (Å²) in [5.74, 6) is 0. The standard InChI is InChI=1S/C11H16.C2H6.C2H4.C2H2/c1-5-11-7-9(3)8(2)6-10(11)4;3*1-2/h6-7H,5H2,1-4H3;1-2H3;1-2H2;1-2H. The summed E-state index contributed by atoms with van der Waals surface area (Å²) in [7, 11) is 0. The van der Waals surface area contributed by atoms with Crippen molar-refractivity contribution in [2.45, 2.75) is 48.0 Å². The maximum absolute atomic E-state index is 4.00. The number of hydrogen-bond donors (Lipinski definition) is 0. The molecule has 0 aliphatic rings. The molecule has 0 nitrogen and oxygen atoms in total. The van der Waals surface area contributed by atoms with Gasteiger partial charge >= 0.3 is 0 Å². The molecule has 0 aliphatic heterocycles. The zero-order valence-corrected chi connectivity index (χ0v) is 12.4. The van der Waals surface area contributed by atoms with Crippen LogP contribution in [0.15, 0.2) is 25.3 Å². The zero-order chi connectivity index (χ0) is 14.4. The van der Waals surface area contributed by atoms with Gasteiger partial charge in [0.1, 0.15) is 0 Å². The average Bonchev–Trinajstić information content (AvgIpc) is 2.41. The van der Waals surface area contributed by atoms with Crippen LogP contribution in [-0.2, 0) is 6.42 Å². The average molecular weight is 232 g/mol. The van der Waals surface area contributed by atoms with Gasteiger partial charge in [0.05, 0.1) is 0 Å². The minimum absolute atomic E-state index is 1.15. The quantitative estimate of drug-likeness (QED) is 0.458. The van der Waals surface area contributed by atoms with Gasteiger partial charge in [-0.3, -0.25) is 0 Å². The van der Waals surface area contributed by atoms with E-state index in [2.05, 4.69) is 65.8 Å². The second-order valence-electron chi connectivity index (χ2n) is 3.22. The third kappa shape index (κ3) is 8.34. The molecule has 0 aliphatic carbocycles. The Hall–Kier alpha value is -1.48. The second kappa shape index (κ2) is 14.5. The molecule has 0 N–H and O–H groups in total. The van der Waals surface area contributed by atoms with Gasteiger partial charge in [0.15, 0.2) is 0 Å². The van der Waals surface area contributed by atoms with Gasteiger partial charge in [-0.25, -0.2) is 0 Å². The molecule has 0 fully saturated rings. The fraction of sp³-hybridized carbons (Fsp3) is 0.412. The summed E-state index contributed by atoms with van der Waals surface area (Å²) in [6.07, 6.45) is 9.15. The van der Waals surface area contributed by atoms with Gasteiger partial charge in [0.25, 0.3) is 0 Å². The van der Waals surface area contributed by atoms with E-state index >= 15 is 0 Å². The Labute approximate surface area is 109 Å². The van der Waals surface area contributed by atoms with Crippen LogP contribution in [0, 0.1) is 33.6 Å². The van der Waals surface area contributed by atoms with Crippen LogP contribution in [0.2, 0.25) is 0 Å². The lowest BCUT2D eigenvalue weighted by molar-refractivity contribution is 1.09. The molecule has 1 aromatic carbocycles. The summed E-state index contributed by atoms with van der Waals surface area (Å²) in [6.45, 7) is 18.7. The van der Waals surface area contributed by atoms with Gasteiger partial charge in [-0.05, 0) is 49.4 Å². The molecular weight excluding hydrogens is 204 g/mol. The van der Waals surface area contributed by atoms with E-state index in [0.29, 0.717) is 0 Å². The number of hydrogen-bond acceptors (Lipinski definition) is 0. The van der Waals surface area contributed by atoms with Gasteiger partial charge in [-0.15, -0.1) is 26.0 Å². The van der Waals surface area contributed by atoms with Gasteiger partial charge < -0.3 is 0 Å². The first kappa shape index (κ1) is 20.9. The Kier molecular flexibility index (Phi) is 17.8. The zero-order valence-electron chi connectivity index (χ0n) is 12.4. The fourth-order valence-electron chi connectivity index (χ4n) is 1.40. The Morgan fingerprint density at radius 1 is 0.882 bits per heavy atom. The molecule has 0 unspecified atom stereocenters. The highest BCUT2D eigenvalue weighted by atomic mass is 14.0. The lowest BCUT2D eigenvalue weighted by Gasteiger charge is -2.06. The summed E-state index contributed by atoms with van der Waals surface area (Å²) in [5.41, 5.74) is 5.72. The number of benzene rings is 1. The lowest BCUT2D eigenvalue weighted by atomic mass is 9.99. The third-order valence-electron chi connectivity index (χ3n) is 2.33. The van der Waals surface area contributed by atoms with Crippen LogP contribution in [0.3, 0.4) is 0 Å². The summed E-state index contributed by atoms with van der Waals surface area (Å²) in [4.78, 5) is 0. The van der Waals surface area contributed by atoms with Gasteiger partial charge in [-0.1, -0.05) is 32.9 Å². The molecule has 0 radical (unpaired) electrons. The van der Waals surface area contributed by atoms with Crippen LogP contribution >= 0.6 is 0 Å². The van der Waals surface area contributed by atoms with Crippen LogP contribution in [-0.4, -0.2) is 0 Å². The number of aryl methyl sites for hydroxylation is 4. The molecule has 96 valence electrons. The normalized spacial score (nSPS) is 7.29. The van der Waals surface area contributed by atoms with Crippen molar-refractivity contribution in [1.29, 1.82) is 0 Å². The largest absolute Gasteiger partial charge is 0.124 e. The summed E-state index contributed by atoms with van der Waals surface area (Å²) >= 11 is 0. The molecular formula is C17H28. The Bertz CT molecular complexity index is 305. The lowest BCUT2D eigenvalue weighted by Crippen LogP contribution is -1.90. The van der Waals surface area contributed by atoms with Gasteiger partial charge in [-0.2, -0.15) is 0 Å². The molecule has 0 heterocycles. The van der Waals surface area contributed by atoms with E-state index in [1.165, 1.54) is 22.3 Å². The van der Waals surface area contributed by atoms with Gasteiger partial charge in [0, 0.05) is 0 Å². The molecule has 0 aromatic heterocycles. The highest BCUT2D eigenvalue weighted by molar-refractivity contribution is 5.36. The van der Waals surface area contributed by atoms with Crippen molar-refractivity contribution in [3.05, 3.63) is 47.5 Å². The minimum atomic E-state index is 1.15. The first-order valence-electron chi connectivity index (χ1n) is 6.05. The molecule has 0 bridgehead atoms. The molecule has 0 heteroatoms. The first-order valence-corrected chi connectivity index (χ1v) is 6.05. The molecule has 0 saturated carbocycles. The summed E-state index contributed by atoms with van der Waals surface area (Å²) < 4.78 is 0. The summed E-state index contributed by atoms with van der Waals surface area (Å²) in [5, 5.41) is 0. The highest BCUT2D eigenvalue weighted by Crippen LogP contribution is 2.15. The third-order valence-corrected chi connectivity index (χ3v) is 2.33. The van der Waals surface area contributed by atoms with Crippen molar-refractivity contribution in [3.63, 3.8) is 0 Å². The van der Waals surface area contributed by atoms with E-state index in [-0.39, 0.29) is 0 Å². The van der Waals surface area contributed by atoms with Gasteiger partial charge in [0.2, 0.25) is 0 Å². The van der Waals surface area contributed by atoms with E-state index in [1.54, 1.807) is 0 Å². The van der Waals surface area contributed by atoms with Crippen molar-refractivity contribution in [2.24, 2.45) is 0 Å². The Morgan fingerprint density at radius 3 is 1.59 bits per heavy atom. The van der Waals surface area contributed by atoms with E-state index in [1.807, 2.05) is 13.8 Å². The molecule has 0 amide bonds. The van der Waals surface area contributed by atoms with Crippen LogP contribution in [0.1, 0.15) is 43.0 Å². The molecule has 0 saturated heterocycles. The Balaban J connectivity index is -0.000000285. The molecule has 1 rings (SSSR count). The van der Waals surface area contributed by atoms with Crippen molar-refractivity contribution in [3.8, 4) is 12.8 Å². The minimum Gasteiger partial charge on any atom is -0.124 e. The predicted octanol–water partition coefficient (Wildman–Crippen LogP) is 5.25. The van der Waals surface area contributed by atoms with Crippen molar-refractivity contribution in [1.82, 2.24) is 0 Å². The SMILES string of the molecule is C#C.C=C.CC.CCc1cc(C)c(C)cc1C.